The van der Waals surface area contributed by atoms with Gasteiger partial charge in [0.2, 0.25) is 17.6 Å². The Kier molecular flexibility index (Phi) is 8.04. The van der Waals surface area contributed by atoms with Gasteiger partial charge in [0.1, 0.15) is 6.04 Å². The zero-order chi connectivity index (χ0) is 26.2. The van der Waals surface area contributed by atoms with Crippen molar-refractivity contribution in [3.05, 3.63) is 0 Å². The number of nitrogens with zero attached hydrogens (tertiary/aromatic N) is 1. The van der Waals surface area contributed by atoms with Gasteiger partial charge in [-0.3, -0.25) is 19.2 Å². The monoisotopic (exact) mass is 490 g/mol. The molecular weight excluding hydrogens is 444 g/mol. The summed E-state index contributed by atoms with van der Waals surface area (Å²) in [7, 11) is 0. The molecule has 3 rings (SSSR count). The minimum Gasteiger partial charge on any atom is -0.363 e. The Morgan fingerprint density at radius 3 is 2.03 bits per heavy atom. The van der Waals surface area contributed by atoms with Crippen molar-refractivity contribution in [3.63, 3.8) is 0 Å². The van der Waals surface area contributed by atoms with Crippen molar-refractivity contribution < 1.29 is 19.2 Å². The minimum absolute atomic E-state index is 0.107. The van der Waals surface area contributed by atoms with E-state index >= 15 is 0 Å². The van der Waals surface area contributed by atoms with Crippen molar-refractivity contribution in [2.45, 2.75) is 117 Å². The third-order valence-electron chi connectivity index (χ3n) is 9.68. The van der Waals surface area contributed by atoms with Crippen LogP contribution in [0.5, 0.6) is 0 Å². The molecule has 3 aliphatic rings. The number of nitrogens with one attached hydrogen (secondary N) is 1. The van der Waals surface area contributed by atoms with Crippen molar-refractivity contribution in [2.24, 2.45) is 33.6 Å². The maximum absolute atomic E-state index is 13.7. The average Bonchev–Trinajstić information content (AvgIpc) is 3.14. The van der Waals surface area contributed by atoms with E-state index in [2.05, 4.69) is 19.2 Å². The molecule has 1 aliphatic heterocycles. The third kappa shape index (κ3) is 5.13. The van der Waals surface area contributed by atoms with Crippen LogP contribution in [0.2, 0.25) is 0 Å². The van der Waals surface area contributed by atoms with Gasteiger partial charge in [-0.15, -0.1) is 0 Å². The van der Waals surface area contributed by atoms with Crippen molar-refractivity contribution in [3.8, 4) is 0 Å². The van der Waals surface area contributed by atoms with Crippen molar-refractivity contribution in [1.82, 2.24) is 10.2 Å². The molecule has 2 aliphatic carbocycles. The summed E-state index contributed by atoms with van der Waals surface area (Å²) >= 11 is 0. The van der Waals surface area contributed by atoms with Crippen LogP contribution in [0.15, 0.2) is 0 Å². The zero-order valence-corrected chi connectivity index (χ0v) is 22.3. The van der Waals surface area contributed by atoms with E-state index in [1.165, 1.54) is 6.42 Å². The lowest BCUT2D eigenvalue weighted by atomic mass is 9.50. The number of hydrogen-bond acceptors (Lipinski definition) is 5. The lowest BCUT2D eigenvalue weighted by Gasteiger charge is -2.54. The van der Waals surface area contributed by atoms with Crippen LogP contribution in [0.3, 0.4) is 0 Å². The molecule has 0 spiro atoms. The van der Waals surface area contributed by atoms with Crippen LogP contribution < -0.4 is 16.8 Å². The number of rotatable bonds is 10. The van der Waals surface area contributed by atoms with Crippen molar-refractivity contribution >= 4 is 23.5 Å². The number of carbonyl (C=O) groups excluding carboxylic acids is 4. The molecule has 1 heterocycles. The van der Waals surface area contributed by atoms with Gasteiger partial charge < -0.3 is 21.7 Å². The van der Waals surface area contributed by atoms with Crippen LogP contribution in [0.25, 0.3) is 0 Å². The van der Waals surface area contributed by atoms with E-state index in [4.69, 9.17) is 11.5 Å². The molecule has 0 aromatic rings. The summed E-state index contributed by atoms with van der Waals surface area (Å²) in [4.78, 5) is 53.4. The first-order chi connectivity index (χ1) is 16.3. The molecule has 3 amide bonds. The van der Waals surface area contributed by atoms with E-state index in [0.29, 0.717) is 25.3 Å². The Morgan fingerprint density at radius 2 is 1.63 bits per heavy atom. The van der Waals surface area contributed by atoms with Gasteiger partial charge in [-0.1, -0.05) is 60.3 Å². The van der Waals surface area contributed by atoms with Crippen LogP contribution in [-0.4, -0.2) is 53.1 Å². The second kappa shape index (κ2) is 10.2. The summed E-state index contributed by atoms with van der Waals surface area (Å²) in [6.45, 7) is 10.6. The Labute approximate surface area is 210 Å². The molecule has 8 nitrogen and oxygen atoms in total. The average molecular weight is 491 g/mol. The van der Waals surface area contributed by atoms with Crippen molar-refractivity contribution in [2.75, 3.05) is 6.54 Å². The van der Waals surface area contributed by atoms with E-state index in [1.54, 1.807) is 4.90 Å². The predicted molar refractivity (Wildman–Crippen MR) is 135 cm³/mol. The smallest absolute Gasteiger partial charge is 0.287 e. The largest absolute Gasteiger partial charge is 0.363 e. The highest BCUT2D eigenvalue weighted by atomic mass is 16.2. The second-order valence-corrected chi connectivity index (χ2v) is 12.5. The third-order valence-corrected chi connectivity index (χ3v) is 9.68. The fourth-order valence-corrected chi connectivity index (χ4v) is 6.61. The molecule has 3 fully saturated rings. The quantitative estimate of drug-likeness (QED) is 0.405. The molecular formula is C27H46N4O4. The summed E-state index contributed by atoms with van der Waals surface area (Å²) < 4.78 is 0. The van der Waals surface area contributed by atoms with Gasteiger partial charge in [-0.2, -0.15) is 0 Å². The Morgan fingerprint density at radius 1 is 1.03 bits per heavy atom. The predicted octanol–water partition coefficient (Wildman–Crippen LogP) is 2.67. The fourth-order valence-electron chi connectivity index (χ4n) is 6.61. The second-order valence-electron chi connectivity index (χ2n) is 12.5. The van der Waals surface area contributed by atoms with E-state index < -0.39 is 35.2 Å². The highest BCUT2D eigenvalue weighted by Crippen LogP contribution is 2.62. The summed E-state index contributed by atoms with van der Waals surface area (Å²) in [5.41, 5.74) is 11.2. The molecule has 2 saturated carbocycles. The topological polar surface area (TPSA) is 136 Å². The van der Waals surface area contributed by atoms with Gasteiger partial charge in [-0.05, 0) is 60.7 Å². The lowest BCUT2D eigenvalue weighted by molar-refractivity contribution is -0.143. The van der Waals surface area contributed by atoms with Gasteiger partial charge >= 0.3 is 0 Å². The molecule has 1 saturated heterocycles. The first-order valence-electron chi connectivity index (χ1n) is 13.5. The van der Waals surface area contributed by atoms with Crippen molar-refractivity contribution in [1.29, 1.82) is 0 Å². The van der Waals surface area contributed by atoms with E-state index in [0.717, 1.165) is 44.9 Å². The molecule has 0 radical (unpaired) electrons. The van der Waals surface area contributed by atoms with Gasteiger partial charge in [0.25, 0.3) is 5.91 Å². The zero-order valence-electron chi connectivity index (χ0n) is 22.3. The molecule has 1 unspecified atom stereocenters. The maximum Gasteiger partial charge on any atom is 0.287 e. The maximum atomic E-state index is 13.7. The molecule has 0 bridgehead atoms. The summed E-state index contributed by atoms with van der Waals surface area (Å²) in [5.74, 6) is -2.11. The Hall–Kier alpha value is -1.96. The van der Waals surface area contributed by atoms with Crippen LogP contribution >= 0.6 is 0 Å². The Balaban J connectivity index is 1.91. The van der Waals surface area contributed by atoms with E-state index in [9.17, 15) is 19.2 Å². The molecule has 4 atom stereocenters. The molecule has 8 heteroatoms. The first-order valence-corrected chi connectivity index (χ1v) is 13.5. The number of amides is 3. The molecule has 198 valence electrons. The number of nitrogens with two attached hydrogens (primary N) is 2. The Bertz CT molecular complexity index is 837. The van der Waals surface area contributed by atoms with Gasteiger partial charge in [0.05, 0.1) is 12.1 Å². The molecule has 0 aromatic carbocycles. The van der Waals surface area contributed by atoms with Crippen LogP contribution in [0.4, 0.5) is 0 Å². The number of ketones is 1. The lowest BCUT2D eigenvalue weighted by Crippen LogP contribution is -2.57. The molecule has 35 heavy (non-hydrogen) atoms. The van der Waals surface area contributed by atoms with Gasteiger partial charge in [-0.25, -0.2) is 0 Å². The van der Waals surface area contributed by atoms with E-state index in [1.807, 2.05) is 20.8 Å². The fraction of sp³-hybridized carbons (Fsp3) is 0.852. The summed E-state index contributed by atoms with van der Waals surface area (Å²) in [6.07, 6.45) is 9.24. The summed E-state index contributed by atoms with van der Waals surface area (Å²) in [5, 5.41) is 2.85. The highest BCUT2D eigenvalue weighted by Gasteiger charge is 2.60. The number of carbonyl (C=O) groups is 4. The normalized spacial score (nSPS) is 27.9. The standard InChI is InChI=1S/C27H46N4O4/c1-6-26(12-9-13-26)27(7-2)15-19(31(16-27)24(35)21(28)25(3,4)5)23(34)30-18(20(32)22(29)33)14-17-10-8-11-17/h17-19,21H,6-16,28H2,1-5H3,(H2,29,33)(H,30,34)/t18?,19-,21+,27+/m0/s1. The van der Waals surface area contributed by atoms with Crippen LogP contribution in [0, 0.1) is 22.2 Å². The number of Topliss-reactive ketones (excluding diaryl/α,β-unsaturated/α-hetero) is 1. The minimum atomic E-state index is -1.04. The number of primary amides is 1. The highest BCUT2D eigenvalue weighted by molar-refractivity contribution is 6.37. The molecule has 0 aromatic heterocycles. The SMILES string of the molecule is CCC1([C@]2(CC)C[C@@H](C(=O)NC(CC3CCC3)C(=O)C(N)=O)N(C(=O)[C@@H](N)C(C)(C)C)C2)CCC1. The van der Waals surface area contributed by atoms with Crippen LogP contribution in [-0.2, 0) is 19.2 Å². The molecule has 5 N–H and O–H groups in total. The van der Waals surface area contributed by atoms with E-state index in [-0.39, 0.29) is 22.6 Å². The van der Waals surface area contributed by atoms with Gasteiger partial charge in [0, 0.05) is 6.54 Å². The first kappa shape index (κ1) is 27.6. The number of hydrogen-bond donors (Lipinski definition) is 3. The summed E-state index contributed by atoms with van der Waals surface area (Å²) in [6, 6.07) is -2.41. The van der Waals surface area contributed by atoms with Crippen LogP contribution in [0.1, 0.15) is 98.8 Å². The number of likely N-dealkylation sites (tertiary alicyclic amines) is 1. The van der Waals surface area contributed by atoms with Gasteiger partial charge in [0.15, 0.2) is 0 Å².